The van der Waals surface area contributed by atoms with Crippen LogP contribution in [0.25, 0.3) is 0 Å². The molecule has 5 nitrogen and oxygen atoms in total. The fourth-order valence-corrected chi connectivity index (χ4v) is 3.24. The van der Waals surface area contributed by atoms with E-state index in [9.17, 15) is 4.79 Å². The average Bonchev–Trinajstić information content (AvgIpc) is 2.64. The van der Waals surface area contributed by atoms with Crippen LogP contribution in [0.5, 0.6) is 5.75 Å². The van der Waals surface area contributed by atoms with Crippen LogP contribution in [-0.4, -0.2) is 43.7 Å². The third kappa shape index (κ3) is 4.56. The summed E-state index contributed by atoms with van der Waals surface area (Å²) in [7, 11) is 0. The number of hydrogen-bond donors (Lipinski definition) is 1. The van der Waals surface area contributed by atoms with Crippen LogP contribution in [0.2, 0.25) is 0 Å². The highest BCUT2D eigenvalue weighted by molar-refractivity contribution is 14.1. The lowest BCUT2D eigenvalue weighted by atomic mass is 10.2. The Balaban J connectivity index is 1.58. The fraction of sp³-hybridized carbons (Fsp3) is 0.316. The molecule has 1 heterocycles. The monoisotopic (exact) mass is 451 g/mol. The number of amides is 2. The topological polar surface area (TPSA) is 44.8 Å². The molecule has 0 radical (unpaired) electrons. The summed E-state index contributed by atoms with van der Waals surface area (Å²) in [4.78, 5) is 16.6. The summed E-state index contributed by atoms with van der Waals surface area (Å²) in [5.74, 6) is 0.904. The van der Waals surface area contributed by atoms with Crippen molar-refractivity contribution in [3.05, 3.63) is 52.1 Å². The molecule has 0 aromatic heterocycles. The van der Waals surface area contributed by atoms with Crippen LogP contribution < -0.4 is 15.0 Å². The second-order valence-corrected chi connectivity index (χ2v) is 7.06. The quantitative estimate of drug-likeness (QED) is 0.714. The van der Waals surface area contributed by atoms with Crippen molar-refractivity contribution in [2.24, 2.45) is 0 Å². The first-order chi connectivity index (χ1) is 12.2. The number of rotatable bonds is 4. The Bertz CT molecular complexity index is 713. The molecule has 1 N–H and O–H groups in total. The van der Waals surface area contributed by atoms with E-state index in [-0.39, 0.29) is 6.03 Å². The minimum absolute atomic E-state index is 0.0426. The number of hydrogen-bond acceptors (Lipinski definition) is 3. The van der Waals surface area contributed by atoms with Crippen LogP contribution >= 0.6 is 22.6 Å². The van der Waals surface area contributed by atoms with Gasteiger partial charge in [-0.05, 0) is 65.9 Å². The van der Waals surface area contributed by atoms with Gasteiger partial charge in [0.05, 0.1) is 12.3 Å². The number of ether oxygens (including phenoxy) is 1. The van der Waals surface area contributed by atoms with Crippen LogP contribution in [0.15, 0.2) is 48.5 Å². The minimum Gasteiger partial charge on any atom is -0.492 e. The second-order valence-electron chi connectivity index (χ2n) is 5.81. The van der Waals surface area contributed by atoms with Gasteiger partial charge in [-0.15, -0.1) is 0 Å². The Labute approximate surface area is 162 Å². The zero-order chi connectivity index (χ0) is 17.6. The summed E-state index contributed by atoms with van der Waals surface area (Å²) in [6.07, 6.45) is 0. The average molecular weight is 451 g/mol. The third-order valence-electron chi connectivity index (χ3n) is 4.17. The van der Waals surface area contributed by atoms with Gasteiger partial charge in [0.15, 0.2) is 0 Å². The molecule has 3 rings (SSSR count). The zero-order valence-corrected chi connectivity index (χ0v) is 16.4. The molecule has 2 aromatic carbocycles. The Kier molecular flexibility index (Phi) is 6.01. The number of anilines is 2. The van der Waals surface area contributed by atoms with E-state index in [2.05, 4.69) is 38.9 Å². The molecule has 0 bridgehead atoms. The van der Waals surface area contributed by atoms with Crippen molar-refractivity contribution >= 4 is 40.0 Å². The first kappa shape index (κ1) is 17.8. The van der Waals surface area contributed by atoms with E-state index in [1.54, 1.807) is 0 Å². The second kappa shape index (κ2) is 8.42. The molecule has 25 heavy (non-hydrogen) atoms. The van der Waals surface area contributed by atoms with Gasteiger partial charge in [0.1, 0.15) is 5.75 Å². The number of para-hydroxylation sites is 2. The maximum atomic E-state index is 12.4. The van der Waals surface area contributed by atoms with E-state index in [1.165, 1.54) is 0 Å². The van der Waals surface area contributed by atoms with Crippen LogP contribution in [0.3, 0.4) is 0 Å². The highest BCUT2D eigenvalue weighted by atomic mass is 127. The first-order valence-corrected chi connectivity index (χ1v) is 9.53. The van der Waals surface area contributed by atoms with E-state index in [0.717, 1.165) is 33.8 Å². The Hall–Kier alpha value is -1.96. The number of benzene rings is 2. The molecule has 132 valence electrons. The van der Waals surface area contributed by atoms with Crippen LogP contribution in [0.4, 0.5) is 16.2 Å². The minimum atomic E-state index is -0.0426. The van der Waals surface area contributed by atoms with Gasteiger partial charge in [0.2, 0.25) is 0 Å². The zero-order valence-electron chi connectivity index (χ0n) is 14.2. The first-order valence-electron chi connectivity index (χ1n) is 8.45. The molecule has 1 saturated heterocycles. The summed E-state index contributed by atoms with van der Waals surface area (Å²) in [5.41, 5.74) is 1.93. The molecule has 0 unspecified atom stereocenters. The highest BCUT2D eigenvalue weighted by Crippen LogP contribution is 2.28. The Morgan fingerprint density at radius 3 is 2.44 bits per heavy atom. The molecular formula is C19H22IN3O2. The number of carbonyl (C=O) groups excluding carboxylic acids is 1. The van der Waals surface area contributed by atoms with Crippen molar-refractivity contribution in [1.29, 1.82) is 0 Å². The Morgan fingerprint density at radius 1 is 1.08 bits per heavy atom. The number of carbonyl (C=O) groups is 1. The number of halogens is 1. The van der Waals surface area contributed by atoms with E-state index in [0.29, 0.717) is 19.7 Å². The molecule has 2 amide bonds. The lowest BCUT2D eigenvalue weighted by Crippen LogP contribution is -2.50. The van der Waals surface area contributed by atoms with Crippen LogP contribution in [0.1, 0.15) is 6.92 Å². The maximum Gasteiger partial charge on any atom is 0.321 e. The SMILES string of the molecule is CCOc1ccccc1N1CCN(C(=O)Nc2ccc(I)cc2)CC1. The van der Waals surface area contributed by atoms with Crippen molar-refractivity contribution in [2.75, 3.05) is 43.0 Å². The molecule has 0 spiro atoms. The van der Waals surface area contributed by atoms with E-state index in [1.807, 2.05) is 54.3 Å². The highest BCUT2D eigenvalue weighted by Gasteiger charge is 2.22. The van der Waals surface area contributed by atoms with Crippen molar-refractivity contribution in [3.63, 3.8) is 0 Å². The number of piperazine rings is 1. The molecule has 0 atom stereocenters. The van der Waals surface area contributed by atoms with Crippen molar-refractivity contribution < 1.29 is 9.53 Å². The fourth-order valence-electron chi connectivity index (χ4n) is 2.88. The van der Waals surface area contributed by atoms with Gasteiger partial charge in [-0.1, -0.05) is 12.1 Å². The lowest BCUT2D eigenvalue weighted by Gasteiger charge is -2.36. The maximum absolute atomic E-state index is 12.4. The smallest absolute Gasteiger partial charge is 0.321 e. The predicted octanol–water partition coefficient (Wildman–Crippen LogP) is 4.04. The van der Waals surface area contributed by atoms with Gasteiger partial charge < -0.3 is 19.9 Å². The van der Waals surface area contributed by atoms with Gasteiger partial charge in [-0.25, -0.2) is 4.79 Å². The number of nitrogens with one attached hydrogen (secondary N) is 1. The molecule has 1 fully saturated rings. The van der Waals surface area contributed by atoms with Gasteiger partial charge >= 0.3 is 6.03 Å². The molecule has 0 saturated carbocycles. The van der Waals surface area contributed by atoms with Crippen molar-refractivity contribution in [1.82, 2.24) is 4.90 Å². The van der Waals surface area contributed by atoms with E-state index >= 15 is 0 Å². The van der Waals surface area contributed by atoms with E-state index < -0.39 is 0 Å². The summed E-state index contributed by atoms with van der Waals surface area (Å²) in [6.45, 7) is 5.61. The largest absolute Gasteiger partial charge is 0.492 e. The van der Waals surface area contributed by atoms with Gasteiger partial charge in [0, 0.05) is 35.4 Å². The number of nitrogens with zero attached hydrogens (tertiary/aromatic N) is 2. The summed E-state index contributed by atoms with van der Waals surface area (Å²) in [5, 5.41) is 2.97. The van der Waals surface area contributed by atoms with Crippen molar-refractivity contribution in [2.45, 2.75) is 6.92 Å². The van der Waals surface area contributed by atoms with E-state index in [4.69, 9.17) is 4.74 Å². The standard InChI is InChI=1S/C19H22IN3O2/c1-2-25-18-6-4-3-5-17(18)22-11-13-23(14-12-22)19(24)21-16-9-7-15(20)8-10-16/h3-10H,2,11-14H2,1H3,(H,21,24). The molecular weight excluding hydrogens is 429 g/mol. The van der Waals surface area contributed by atoms with Crippen LogP contribution in [-0.2, 0) is 0 Å². The van der Waals surface area contributed by atoms with Gasteiger partial charge in [-0.3, -0.25) is 0 Å². The summed E-state index contributed by atoms with van der Waals surface area (Å²) >= 11 is 2.25. The van der Waals surface area contributed by atoms with Gasteiger partial charge in [-0.2, -0.15) is 0 Å². The lowest BCUT2D eigenvalue weighted by molar-refractivity contribution is 0.208. The van der Waals surface area contributed by atoms with Crippen LogP contribution in [0, 0.1) is 3.57 Å². The summed E-state index contributed by atoms with van der Waals surface area (Å²) < 4.78 is 6.87. The number of urea groups is 1. The normalized spacial score (nSPS) is 14.3. The molecule has 1 aliphatic rings. The molecule has 6 heteroatoms. The molecule has 2 aromatic rings. The Morgan fingerprint density at radius 2 is 1.76 bits per heavy atom. The third-order valence-corrected chi connectivity index (χ3v) is 4.89. The molecule has 0 aliphatic carbocycles. The van der Waals surface area contributed by atoms with Gasteiger partial charge in [0.25, 0.3) is 0 Å². The molecule has 1 aliphatic heterocycles. The predicted molar refractivity (Wildman–Crippen MR) is 110 cm³/mol. The van der Waals surface area contributed by atoms with Crippen molar-refractivity contribution in [3.8, 4) is 5.75 Å². The summed E-state index contributed by atoms with van der Waals surface area (Å²) in [6, 6.07) is 15.9.